The average molecular weight is 295 g/mol. The third-order valence-corrected chi connectivity index (χ3v) is 3.14. The fourth-order valence-corrected chi connectivity index (χ4v) is 2.25. The molecule has 21 heavy (non-hydrogen) atoms. The van der Waals surface area contributed by atoms with Crippen LogP contribution in [-0.2, 0) is 4.74 Å². The molecule has 0 aliphatic carbocycles. The molecule has 1 rings (SSSR count). The molecule has 2 atom stereocenters. The van der Waals surface area contributed by atoms with Gasteiger partial charge in [-0.1, -0.05) is 5.92 Å². The molecular weight excluding hydrogens is 270 g/mol. The number of ether oxygens (including phenoxy) is 1. The van der Waals surface area contributed by atoms with E-state index in [0.717, 1.165) is 0 Å². The normalized spacial score (nSPS) is 22.5. The van der Waals surface area contributed by atoms with Crippen molar-refractivity contribution in [3.63, 3.8) is 0 Å². The minimum atomic E-state index is -0.553. The first-order valence-corrected chi connectivity index (χ1v) is 7.00. The Labute approximate surface area is 127 Å². The van der Waals surface area contributed by atoms with E-state index in [2.05, 4.69) is 5.92 Å². The van der Waals surface area contributed by atoms with E-state index in [0.29, 0.717) is 6.54 Å². The maximum absolute atomic E-state index is 12.2. The summed E-state index contributed by atoms with van der Waals surface area (Å²) in [6.07, 6.45) is 5.15. The lowest BCUT2D eigenvalue weighted by molar-refractivity contribution is 0.00322. The number of carbonyl (C=O) groups excluding carboxylic acids is 2. The van der Waals surface area contributed by atoms with Crippen LogP contribution >= 0.6 is 0 Å². The van der Waals surface area contributed by atoms with Gasteiger partial charge in [0.2, 0.25) is 0 Å². The van der Waals surface area contributed by atoms with Crippen molar-refractivity contribution < 1.29 is 14.3 Å². The van der Waals surface area contributed by atoms with Gasteiger partial charge in [-0.2, -0.15) is 0 Å². The minimum Gasteiger partial charge on any atom is -0.444 e. The second-order valence-electron chi connectivity index (χ2n) is 6.50. The van der Waals surface area contributed by atoms with E-state index in [1.807, 2.05) is 27.7 Å². The summed E-state index contributed by atoms with van der Waals surface area (Å²) in [6, 6.07) is -0.757. The highest BCUT2D eigenvalue weighted by atomic mass is 16.6. The molecule has 0 unspecified atom stereocenters. The molecule has 0 saturated carbocycles. The summed E-state index contributed by atoms with van der Waals surface area (Å²) in [5.74, 6) is 2.60. The molecule has 0 spiro atoms. The molecule has 1 fully saturated rings. The number of carbonyl (C=O) groups is 2. The second kappa shape index (κ2) is 6.25. The van der Waals surface area contributed by atoms with E-state index in [1.165, 1.54) is 4.90 Å². The lowest BCUT2D eigenvalue weighted by Gasteiger charge is -2.44. The van der Waals surface area contributed by atoms with E-state index >= 15 is 0 Å². The van der Waals surface area contributed by atoms with Crippen LogP contribution in [0.15, 0.2) is 0 Å². The van der Waals surface area contributed by atoms with Crippen LogP contribution in [0.5, 0.6) is 0 Å². The van der Waals surface area contributed by atoms with Crippen molar-refractivity contribution in [1.29, 1.82) is 0 Å². The van der Waals surface area contributed by atoms with Crippen LogP contribution in [0.1, 0.15) is 27.7 Å². The number of hydrogen-bond acceptors (Lipinski definition) is 3. The van der Waals surface area contributed by atoms with Crippen molar-refractivity contribution in [2.24, 2.45) is 0 Å². The van der Waals surface area contributed by atoms with Crippen molar-refractivity contribution in [3.8, 4) is 12.3 Å². The van der Waals surface area contributed by atoms with E-state index in [-0.39, 0.29) is 18.6 Å². The molecule has 1 aliphatic rings. The van der Waals surface area contributed by atoms with E-state index < -0.39 is 17.7 Å². The lowest BCUT2D eigenvalue weighted by atomic mass is 10.1. The smallest absolute Gasteiger partial charge is 0.410 e. The van der Waals surface area contributed by atoms with Crippen LogP contribution < -0.4 is 0 Å². The predicted octanol–water partition coefficient (Wildman–Crippen LogP) is 1.61. The summed E-state index contributed by atoms with van der Waals surface area (Å²) >= 11 is 0. The van der Waals surface area contributed by atoms with E-state index in [9.17, 15) is 9.59 Å². The van der Waals surface area contributed by atoms with Gasteiger partial charge in [0, 0.05) is 26.7 Å². The number of terminal acetylenes is 1. The Balaban J connectivity index is 2.85. The Morgan fingerprint density at radius 3 is 2.29 bits per heavy atom. The maximum atomic E-state index is 12.2. The molecule has 0 aromatic rings. The number of rotatable bonds is 0. The fourth-order valence-electron chi connectivity index (χ4n) is 2.25. The highest BCUT2D eigenvalue weighted by Gasteiger charge is 2.38. The van der Waals surface area contributed by atoms with Gasteiger partial charge in [-0.05, 0) is 27.7 Å². The zero-order valence-corrected chi connectivity index (χ0v) is 13.7. The average Bonchev–Trinajstić information content (AvgIpc) is 2.34. The minimum absolute atomic E-state index is 0.144. The first kappa shape index (κ1) is 17.2. The maximum Gasteiger partial charge on any atom is 0.410 e. The highest BCUT2D eigenvalue weighted by molar-refractivity contribution is 5.76. The van der Waals surface area contributed by atoms with Gasteiger partial charge in [-0.25, -0.2) is 9.59 Å². The molecule has 0 bridgehead atoms. The number of piperazine rings is 1. The van der Waals surface area contributed by atoms with Crippen LogP contribution in [0.4, 0.5) is 9.59 Å². The summed E-state index contributed by atoms with van der Waals surface area (Å²) in [7, 11) is 3.37. The number of hydrogen-bond donors (Lipinski definition) is 0. The molecule has 0 aromatic carbocycles. The Bertz CT molecular complexity index is 448. The molecular formula is C15H25N3O3. The van der Waals surface area contributed by atoms with Crippen molar-refractivity contribution >= 4 is 12.1 Å². The molecule has 6 heteroatoms. The largest absolute Gasteiger partial charge is 0.444 e. The number of amides is 3. The van der Waals surface area contributed by atoms with E-state index in [4.69, 9.17) is 11.2 Å². The quantitative estimate of drug-likeness (QED) is 0.638. The number of nitrogens with zero attached hydrogens (tertiary/aromatic N) is 3. The van der Waals surface area contributed by atoms with Crippen molar-refractivity contribution in [3.05, 3.63) is 0 Å². The highest BCUT2D eigenvalue weighted by Crippen LogP contribution is 2.19. The zero-order valence-electron chi connectivity index (χ0n) is 13.7. The number of urea groups is 1. The third kappa shape index (κ3) is 4.28. The molecule has 0 aromatic heterocycles. The molecule has 1 heterocycles. The first-order valence-electron chi connectivity index (χ1n) is 7.00. The monoisotopic (exact) mass is 295 g/mol. The predicted molar refractivity (Wildman–Crippen MR) is 80.8 cm³/mol. The summed E-state index contributed by atoms with van der Waals surface area (Å²) in [5, 5.41) is 0. The molecule has 0 N–H and O–H groups in total. The third-order valence-electron chi connectivity index (χ3n) is 3.14. The molecule has 1 aliphatic heterocycles. The summed E-state index contributed by atoms with van der Waals surface area (Å²) in [6.45, 7) is 8.03. The molecule has 3 amide bonds. The van der Waals surface area contributed by atoms with Gasteiger partial charge in [0.05, 0.1) is 6.54 Å². The van der Waals surface area contributed by atoms with Crippen molar-refractivity contribution in [1.82, 2.24) is 14.7 Å². The van der Waals surface area contributed by atoms with E-state index in [1.54, 1.807) is 23.9 Å². The van der Waals surface area contributed by atoms with Crippen molar-refractivity contribution in [2.75, 3.05) is 27.2 Å². The Kier molecular flexibility index (Phi) is 5.10. The summed E-state index contributed by atoms with van der Waals surface area (Å²) < 4.78 is 5.37. The molecule has 0 radical (unpaired) electrons. The summed E-state index contributed by atoms with van der Waals surface area (Å²) in [5.41, 5.74) is -0.553. The first-order chi connectivity index (χ1) is 9.56. The lowest BCUT2D eigenvalue weighted by Crippen LogP contribution is -2.62. The van der Waals surface area contributed by atoms with Gasteiger partial charge in [0.1, 0.15) is 11.6 Å². The van der Waals surface area contributed by atoms with Crippen LogP contribution in [-0.4, -0.2) is 71.7 Å². The Morgan fingerprint density at radius 2 is 1.86 bits per heavy atom. The molecule has 118 valence electrons. The zero-order chi connectivity index (χ0) is 16.4. The Hall–Kier alpha value is -1.90. The van der Waals surface area contributed by atoms with Gasteiger partial charge >= 0.3 is 12.1 Å². The van der Waals surface area contributed by atoms with Gasteiger partial charge in [-0.3, -0.25) is 0 Å². The second-order valence-corrected chi connectivity index (χ2v) is 6.50. The van der Waals surface area contributed by atoms with Gasteiger partial charge in [0.15, 0.2) is 0 Å². The summed E-state index contributed by atoms with van der Waals surface area (Å²) in [4.78, 5) is 29.1. The van der Waals surface area contributed by atoms with Gasteiger partial charge in [-0.15, -0.1) is 6.42 Å². The van der Waals surface area contributed by atoms with Crippen LogP contribution in [0.25, 0.3) is 0 Å². The molecule has 1 saturated heterocycles. The standard InChI is InChI=1S/C15H25N3O3/c1-8-12-10-17(14(20)21-15(3,4)5)9-11(2)18(12)13(19)16(6)7/h1,11-12H,9-10H2,2-7H3/t11-,12-/m0/s1. The Morgan fingerprint density at radius 1 is 1.29 bits per heavy atom. The van der Waals surface area contributed by atoms with Crippen molar-refractivity contribution in [2.45, 2.75) is 45.4 Å². The van der Waals surface area contributed by atoms with Crippen LogP contribution in [0.3, 0.4) is 0 Å². The molecule has 6 nitrogen and oxygen atoms in total. The SMILES string of the molecule is C#C[C@H]1CN(C(=O)OC(C)(C)C)C[C@H](C)N1C(=O)N(C)C. The topological polar surface area (TPSA) is 53.1 Å². The van der Waals surface area contributed by atoms with Gasteiger partial charge < -0.3 is 19.4 Å². The van der Waals surface area contributed by atoms with Crippen LogP contribution in [0, 0.1) is 12.3 Å². The van der Waals surface area contributed by atoms with Gasteiger partial charge in [0.25, 0.3) is 0 Å². The fraction of sp³-hybridized carbons (Fsp3) is 0.733. The van der Waals surface area contributed by atoms with Crippen LogP contribution in [0.2, 0.25) is 0 Å².